The number of aryl methyl sites for hydroxylation is 1. The number of nitro groups is 1. The van der Waals surface area contributed by atoms with E-state index in [1.807, 2.05) is 0 Å². The number of halogens is 1. The van der Waals surface area contributed by atoms with Crippen LogP contribution >= 0.6 is 11.6 Å². The highest BCUT2D eigenvalue weighted by Gasteiger charge is 2.29. The van der Waals surface area contributed by atoms with Crippen LogP contribution in [0.2, 0.25) is 5.02 Å². The number of anilines is 1. The number of nitrogens with zero attached hydrogens (tertiary/aromatic N) is 3. The predicted molar refractivity (Wildman–Crippen MR) is 112 cm³/mol. The summed E-state index contributed by atoms with van der Waals surface area (Å²) in [5.41, 5.74) is -0.265. The minimum Gasteiger partial charge on any atom is -0.360 e. The first-order valence-corrected chi connectivity index (χ1v) is 9.60. The fourth-order valence-electron chi connectivity index (χ4n) is 2.67. The molecular formula is C19H22ClN5O6. The van der Waals surface area contributed by atoms with Crippen molar-refractivity contribution in [1.29, 1.82) is 0 Å². The van der Waals surface area contributed by atoms with Gasteiger partial charge in [0.1, 0.15) is 11.8 Å². The quantitative estimate of drug-likeness (QED) is 0.462. The molecule has 1 atom stereocenters. The van der Waals surface area contributed by atoms with Crippen LogP contribution in [0, 0.1) is 23.0 Å². The van der Waals surface area contributed by atoms with E-state index in [1.165, 1.54) is 24.1 Å². The van der Waals surface area contributed by atoms with Gasteiger partial charge in [0.15, 0.2) is 5.82 Å². The fraction of sp³-hybridized carbons (Fsp3) is 0.368. The summed E-state index contributed by atoms with van der Waals surface area (Å²) in [6, 6.07) is 4.00. The molecule has 12 heteroatoms. The minimum atomic E-state index is -0.953. The molecule has 1 aromatic heterocycles. The third-order valence-electron chi connectivity index (χ3n) is 4.28. The average molecular weight is 452 g/mol. The summed E-state index contributed by atoms with van der Waals surface area (Å²) in [6.07, 6.45) is 0. The smallest absolute Gasteiger partial charge is 0.270 e. The molecule has 0 bridgehead atoms. The summed E-state index contributed by atoms with van der Waals surface area (Å²) in [5.74, 6) is -1.21. The molecule has 2 aromatic rings. The first-order chi connectivity index (χ1) is 14.5. The van der Waals surface area contributed by atoms with Gasteiger partial charge in [-0.05, 0) is 18.9 Å². The molecule has 0 fully saturated rings. The molecule has 31 heavy (non-hydrogen) atoms. The second-order valence-electron chi connectivity index (χ2n) is 7.18. The zero-order chi connectivity index (χ0) is 23.3. The van der Waals surface area contributed by atoms with E-state index in [0.717, 1.165) is 12.1 Å². The minimum absolute atomic E-state index is 0.00693. The van der Waals surface area contributed by atoms with E-state index in [0.29, 0.717) is 5.76 Å². The van der Waals surface area contributed by atoms with Gasteiger partial charge in [-0.1, -0.05) is 30.6 Å². The van der Waals surface area contributed by atoms with Crippen molar-refractivity contribution in [2.24, 2.45) is 5.92 Å². The highest BCUT2D eigenvalue weighted by molar-refractivity contribution is 6.34. The van der Waals surface area contributed by atoms with Crippen molar-refractivity contribution < 1.29 is 23.8 Å². The summed E-state index contributed by atoms with van der Waals surface area (Å²) in [6.45, 7) is 4.85. The Kier molecular flexibility index (Phi) is 7.70. The molecule has 3 amide bonds. The number of hydrogen-bond donors (Lipinski definition) is 2. The molecule has 0 saturated carbocycles. The summed E-state index contributed by atoms with van der Waals surface area (Å²) >= 11 is 5.99. The Balaban J connectivity index is 2.06. The van der Waals surface area contributed by atoms with Crippen LogP contribution in [-0.4, -0.2) is 52.3 Å². The molecule has 0 unspecified atom stereocenters. The Hall–Kier alpha value is -3.47. The largest absolute Gasteiger partial charge is 0.360 e. The van der Waals surface area contributed by atoms with Crippen LogP contribution in [-0.2, 0) is 9.59 Å². The van der Waals surface area contributed by atoms with Crippen LogP contribution in [0.5, 0.6) is 0 Å². The van der Waals surface area contributed by atoms with Crippen molar-refractivity contribution in [1.82, 2.24) is 15.4 Å². The van der Waals surface area contributed by atoms with Crippen LogP contribution < -0.4 is 10.6 Å². The Morgan fingerprint density at radius 3 is 2.48 bits per heavy atom. The van der Waals surface area contributed by atoms with Gasteiger partial charge in [-0.15, -0.1) is 0 Å². The number of carbonyl (C=O) groups is 3. The first kappa shape index (κ1) is 23.8. The van der Waals surface area contributed by atoms with Crippen molar-refractivity contribution in [2.75, 3.05) is 18.9 Å². The molecule has 0 aliphatic carbocycles. The third-order valence-corrected chi connectivity index (χ3v) is 4.59. The van der Waals surface area contributed by atoms with Crippen LogP contribution in [0.1, 0.15) is 30.0 Å². The van der Waals surface area contributed by atoms with Crippen molar-refractivity contribution in [3.8, 4) is 0 Å². The molecule has 1 heterocycles. The van der Waals surface area contributed by atoms with Crippen molar-refractivity contribution in [3.63, 3.8) is 0 Å². The third kappa shape index (κ3) is 6.25. The lowest BCUT2D eigenvalue weighted by atomic mass is 10.0. The fourth-order valence-corrected chi connectivity index (χ4v) is 2.93. The Morgan fingerprint density at radius 2 is 1.97 bits per heavy atom. The van der Waals surface area contributed by atoms with Crippen molar-refractivity contribution in [3.05, 3.63) is 50.7 Å². The number of rotatable bonds is 8. The number of aromatic nitrogens is 1. The van der Waals surface area contributed by atoms with Crippen LogP contribution in [0.4, 0.5) is 11.5 Å². The van der Waals surface area contributed by atoms with Gasteiger partial charge in [-0.2, -0.15) is 0 Å². The van der Waals surface area contributed by atoms with Gasteiger partial charge in [0.2, 0.25) is 11.8 Å². The molecule has 0 aliphatic rings. The van der Waals surface area contributed by atoms with Crippen molar-refractivity contribution in [2.45, 2.75) is 26.8 Å². The van der Waals surface area contributed by atoms with Gasteiger partial charge in [0, 0.05) is 25.2 Å². The molecule has 1 aromatic carbocycles. The lowest BCUT2D eigenvalue weighted by Gasteiger charge is -2.26. The number of carbonyl (C=O) groups excluding carboxylic acids is 3. The SMILES string of the molecule is Cc1cc(NC(=O)CN(C)C(=O)[C@@H](NC(=O)c2ccc([N+](=O)[O-])cc2Cl)C(C)C)no1. The molecule has 166 valence electrons. The standard InChI is InChI=1S/C19H22ClN5O6/c1-10(2)17(22-18(27)13-6-5-12(25(29)30)8-14(13)20)19(28)24(4)9-16(26)21-15-7-11(3)31-23-15/h5-8,10,17H,9H2,1-4H3,(H,22,27)(H,21,23,26)/t17-/m0/s1. The van der Waals surface area contributed by atoms with Gasteiger partial charge in [0.05, 0.1) is 22.1 Å². The monoisotopic (exact) mass is 451 g/mol. The Labute approximate surface area is 182 Å². The van der Waals surface area contributed by atoms with Crippen LogP contribution in [0.15, 0.2) is 28.8 Å². The number of amides is 3. The maximum atomic E-state index is 12.8. The zero-order valence-corrected chi connectivity index (χ0v) is 18.1. The molecule has 0 spiro atoms. The van der Waals surface area contributed by atoms with Gasteiger partial charge >= 0.3 is 0 Å². The lowest BCUT2D eigenvalue weighted by molar-refractivity contribution is -0.384. The highest BCUT2D eigenvalue weighted by atomic mass is 35.5. The van der Waals surface area contributed by atoms with Gasteiger partial charge in [0.25, 0.3) is 11.6 Å². The summed E-state index contributed by atoms with van der Waals surface area (Å²) in [5, 5.41) is 19.5. The topological polar surface area (TPSA) is 148 Å². The maximum absolute atomic E-state index is 12.8. The van der Waals surface area contributed by atoms with E-state index in [1.54, 1.807) is 20.8 Å². The van der Waals surface area contributed by atoms with Gasteiger partial charge < -0.3 is 20.1 Å². The second-order valence-corrected chi connectivity index (χ2v) is 7.59. The van der Waals surface area contributed by atoms with Crippen LogP contribution in [0.3, 0.4) is 0 Å². The van der Waals surface area contributed by atoms with E-state index in [9.17, 15) is 24.5 Å². The summed E-state index contributed by atoms with van der Waals surface area (Å²) < 4.78 is 4.86. The highest BCUT2D eigenvalue weighted by Crippen LogP contribution is 2.23. The molecule has 2 N–H and O–H groups in total. The Morgan fingerprint density at radius 1 is 1.29 bits per heavy atom. The molecule has 0 aliphatic heterocycles. The molecule has 2 rings (SSSR count). The lowest BCUT2D eigenvalue weighted by Crippen LogP contribution is -2.51. The van der Waals surface area contributed by atoms with E-state index in [-0.39, 0.29) is 34.6 Å². The predicted octanol–water partition coefficient (Wildman–Crippen LogP) is 2.40. The maximum Gasteiger partial charge on any atom is 0.270 e. The number of nitro benzene ring substituents is 1. The molecule has 0 saturated heterocycles. The van der Waals surface area contributed by atoms with Crippen molar-refractivity contribution >= 4 is 40.8 Å². The number of likely N-dealkylation sites (N-methyl/N-ethyl adjacent to an activating group) is 1. The van der Waals surface area contributed by atoms with Crippen LogP contribution in [0.25, 0.3) is 0 Å². The zero-order valence-electron chi connectivity index (χ0n) is 17.3. The second kappa shape index (κ2) is 10.0. The normalized spacial score (nSPS) is 11.7. The van der Waals surface area contributed by atoms with E-state index >= 15 is 0 Å². The first-order valence-electron chi connectivity index (χ1n) is 9.22. The number of hydrogen-bond acceptors (Lipinski definition) is 7. The Bertz CT molecular complexity index is 1010. The molecule has 11 nitrogen and oxygen atoms in total. The summed E-state index contributed by atoms with van der Waals surface area (Å²) in [4.78, 5) is 49.0. The van der Waals surface area contributed by atoms with E-state index in [4.69, 9.17) is 16.1 Å². The average Bonchev–Trinajstić information content (AvgIpc) is 3.09. The van der Waals surface area contributed by atoms with Gasteiger partial charge in [-0.25, -0.2) is 0 Å². The van der Waals surface area contributed by atoms with E-state index in [2.05, 4.69) is 15.8 Å². The number of non-ortho nitro benzene ring substituents is 1. The summed E-state index contributed by atoms with van der Waals surface area (Å²) in [7, 11) is 1.43. The molecule has 0 radical (unpaired) electrons. The van der Waals surface area contributed by atoms with E-state index < -0.39 is 28.7 Å². The number of benzene rings is 1. The molecular weight excluding hydrogens is 430 g/mol. The van der Waals surface area contributed by atoms with Gasteiger partial charge in [-0.3, -0.25) is 24.5 Å². The number of nitrogens with one attached hydrogen (secondary N) is 2.